The third-order valence-corrected chi connectivity index (χ3v) is 14.8. The molecule has 3 heterocycles. The van der Waals surface area contributed by atoms with Gasteiger partial charge in [-0.2, -0.15) is 5.10 Å². The van der Waals surface area contributed by atoms with Crippen LogP contribution in [0.1, 0.15) is 59.8 Å². The van der Waals surface area contributed by atoms with E-state index in [4.69, 9.17) is 14.6 Å². The number of benzene rings is 1. The summed E-state index contributed by atoms with van der Waals surface area (Å²) in [4.78, 5) is 13.1. The molecule has 10 nitrogen and oxygen atoms in total. The third-order valence-electron chi connectivity index (χ3n) is 12.8. The maximum absolute atomic E-state index is 14.8. The first-order valence-electron chi connectivity index (χ1n) is 16.4. The Morgan fingerprint density at radius 2 is 1.75 bits per heavy atom. The smallest absolute Gasteiger partial charge is 0.225 e. The predicted octanol–water partition coefficient (Wildman–Crippen LogP) is 2.59. The van der Waals surface area contributed by atoms with Gasteiger partial charge in [-0.3, -0.25) is 9.80 Å². The van der Waals surface area contributed by atoms with E-state index >= 15 is 0 Å². The zero-order chi connectivity index (χ0) is 31.2. The lowest BCUT2D eigenvalue weighted by Gasteiger charge is -2.70. The molecule has 11 heteroatoms. The number of amides is 1. The van der Waals surface area contributed by atoms with E-state index in [0.29, 0.717) is 44.9 Å². The van der Waals surface area contributed by atoms with Crippen LogP contribution >= 0.6 is 0 Å². The number of carbonyl (C=O) groups excluding carboxylic acids is 1. The Balaban J connectivity index is 1.40. The highest BCUT2D eigenvalue weighted by Gasteiger charge is 2.73. The lowest BCUT2D eigenvalue weighted by molar-refractivity contribution is -0.323. The second kappa shape index (κ2) is 10.5. The van der Waals surface area contributed by atoms with Gasteiger partial charge < -0.3 is 25.0 Å². The summed E-state index contributed by atoms with van der Waals surface area (Å²) in [5.74, 6) is -1.39. The van der Waals surface area contributed by atoms with Gasteiger partial charge in [-0.05, 0) is 61.5 Å². The van der Waals surface area contributed by atoms with Gasteiger partial charge in [0.05, 0.1) is 60.6 Å². The first kappa shape index (κ1) is 30.6. The molecule has 6 aliphatic rings. The number of hydrazone groups is 1. The van der Waals surface area contributed by atoms with Crippen molar-refractivity contribution in [3.63, 3.8) is 0 Å². The molecule has 3 aliphatic heterocycles. The van der Waals surface area contributed by atoms with E-state index in [2.05, 4.69) is 33.0 Å². The highest BCUT2D eigenvalue weighted by atomic mass is 32.2. The molecule has 6 fully saturated rings. The molecule has 44 heavy (non-hydrogen) atoms. The molecule has 11 atom stereocenters. The minimum atomic E-state index is -3.89. The largest absolute Gasteiger partial charge is 0.393 e. The van der Waals surface area contributed by atoms with Crippen molar-refractivity contribution in [3.05, 3.63) is 30.3 Å². The van der Waals surface area contributed by atoms with Gasteiger partial charge in [0.25, 0.3) is 0 Å². The summed E-state index contributed by atoms with van der Waals surface area (Å²) >= 11 is 0. The summed E-state index contributed by atoms with van der Waals surface area (Å²) in [5, 5.41) is 31.4. The van der Waals surface area contributed by atoms with Crippen LogP contribution in [-0.2, 0) is 24.1 Å². The molecular formula is C33H47N3O7S. The first-order chi connectivity index (χ1) is 20.8. The maximum Gasteiger partial charge on any atom is 0.225 e. The fourth-order valence-electron chi connectivity index (χ4n) is 10.2. The highest BCUT2D eigenvalue weighted by Crippen LogP contribution is 2.69. The second-order valence-corrected chi connectivity index (χ2v) is 17.2. The molecule has 0 aromatic heterocycles. The molecule has 0 bridgehead atoms. The normalized spacial score (nSPS) is 46.0. The van der Waals surface area contributed by atoms with E-state index in [1.54, 1.807) is 24.3 Å². The van der Waals surface area contributed by atoms with Gasteiger partial charge >= 0.3 is 0 Å². The molecule has 242 valence electrons. The van der Waals surface area contributed by atoms with Crippen LogP contribution in [0, 0.1) is 40.4 Å². The van der Waals surface area contributed by atoms with Gasteiger partial charge in [-0.25, -0.2) is 8.42 Å². The number of rotatable bonds is 3. The summed E-state index contributed by atoms with van der Waals surface area (Å²) < 4.78 is 42.5. The van der Waals surface area contributed by atoms with Gasteiger partial charge in [0.1, 0.15) is 11.5 Å². The molecule has 0 radical (unpaired) electrons. The van der Waals surface area contributed by atoms with Crippen molar-refractivity contribution in [2.45, 2.75) is 94.0 Å². The van der Waals surface area contributed by atoms with E-state index in [9.17, 15) is 23.4 Å². The Labute approximate surface area is 260 Å². The zero-order valence-corrected chi connectivity index (χ0v) is 27.0. The van der Waals surface area contributed by atoms with Crippen LogP contribution in [0.3, 0.4) is 0 Å². The number of morpholine rings is 1. The van der Waals surface area contributed by atoms with Gasteiger partial charge in [0, 0.05) is 17.3 Å². The minimum absolute atomic E-state index is 0.0566. The van der Waals surface area contributed by atoms with E-state index in [1.807, 2.05) is 11.1 Å². The number of carbonyl (C=O) groups is 1. The molecule has 1 spiro atoms. The van der Waals surface area contributed by atoms with E-state index in [-0.39, 0.29) is 35.0 Å². The predicted molar refractivity (Wildman–Crippen MR) is 163 cm³/mol. The number of ether oxygens (including phenoxy) is 2. The molecular weight excluding hydrogens is 582 g/mol. The Hall–Kier alpha value is -2.05. The number of hydrogen-bond donors (Lipinski definition) is 3. The Morgan fingerprint density at radius 3 is 2.45 bits per heavy atom. The average molecular weight is 630 g/mol. The number of fused-ring (bicyclic) bond motifs is 3. The molecule has 1 aromatic rings. The van der Waals surface area contributed by atoms with Crippen molar-refractivity contribution >= 4 is 21.5 Å². The van der Waals surface area contributed by atoms with Crippen molar-refractivity contribution in [2.24, 2.45) is 45.5 Å². The van der Waals surface area contributed by atoms with Crippen molar-refractivity contribution < 1.29 is 32.9 Å². The lowest BCUT2D eigenvalue weighted by atomic mass is 9.42. The van der Waals surface area contributed by atoms with Crippen LogP contribution in [-0.4, -0.2) is 90.8 Å². The summed E-state index contributed by atoms with van der Waals surface area (Å²) in [6.45, 7) is 11.0. The van der Waals surface area contributed by atoms with E-state index in [0.717, 1.165) is 12.8 Å². The van der Waals surface area contributed by atoms with E-state index in [1.165, 1.54) is 0 Å². The number of nitrogens with zero attached hydrogens (tertiary/aromatic N) is 2. The summed E-state index contributed by atoms with van der Waals surface area (Å²) in [6, 6.07) is 8.65. The van der Waals surface area contributed by atoms with Gasteiger partial charge in [0.15, 0.2) is 9.84 Å². The quantitative estimate of drug-likeness (QED) is 0.464. The Bertz CT molecular complexity index is 1430. The van der Waals surface area contributed by atoms with Crippen LogP contribution in [0.25, 0.3) is 0 Å². The molecule has 7 rings (SSSR count). The van der Waals surface area contributed by atoms with Crippen LogP contribution < -0.4 is 5.32 Å². The molecule has 11 unspecified atom stereocenters. The van der Waals surface area contributed by atoms with E-state index < -0.39 is 61.8 Å². The molecule has 1 amide bonds. The van der Waals surface area contributed by atoms with Crippen molar-refractivity contribution in [3.8, 4) is 0 Å². The van der Waals surface area contributed by atoms with Gasteiger partial charge in [-0.1, -0.05) is 45.9 Å². The van der Waals surface area contributed by atoms with Crippen LogP contribution in [0.15, 0.2) is 40.3 Å². The molecule has 1 aromatic carbocycles. The number of aliphatic hydroxyl groups excluding tert-OH is 2. The highest BCUT2D eigenvalue weighted by molar-refractivity contribution is 7.92. The second-order valence-electron chi connectivity index (χ2n) is 15.1. The number of sulfone groups is 1. The molecule has 3 aliphatic carbocycles. The number of nitrogens with one attached hydrogen (secondary N) is 1. The molecule has 3 saturated carbocycles. The van der Waals surface area contributed by atoms with Crippen LogP contribution in [0.2, 0.25) is 0 Å². The topological polar surface area (TPSA) is 138 Å². The molecule has 3 saturated heterocycles. The van der Waals surface area contributed by atoms with Crippen LogP contribution in [0.4, 0.5) is 0 Å². The fourth-order valence-corrected chi connectivity index (χ4v) is 12.2. The Morgan fingerprint density at radius 1 is 1.05 bits per heavy atom. The van der Waals surface area contributed by atoms with Crippen LogP contribution in [0.5, 0.6) is 0 Å². The van der Waals surface area contributed by atoms with Crippen molar-refractivity contribution in [1.82, 2.24) is 10.3 Å². The first-order valence-corrected chi connectivity index (χ1v) is 17.9. The van der Waals surface area contributed by atoms with Gasteiger partial charge in [-0.15, -0.1) is 0 Å². The zero-order valence-electron chi connectivity index (χ0n) is 26.2. The number of hydrogen-bond acceptors (Lipinski definition) is 9. The lowest BCUT2D eigenvalue weighted by Crippen LogP contribution is -2.75. The summed E-state index contributed by atoms with van der Waals surface area (Å²) in [5.41, 5.74) is -1.30. The fraction of sp³-hybridized carbons (Fsp3) is 0.758. The minimum Gasteiger partial charge on any atom is -0.393 e. The number of aliphatic hydroxyl groups is 2. The third kappa shape index (κ3) is 4.28. The summed E-state index contributed by atoms with van der Waals surface area (Å²) in [6.07, 6.45) is 0.598. The van der Waals surface area contributed by atoms with Gasteiger partial charge in [0.2, 0.25) is 5.91 Å². The SMILES string of the molecule is CC1CCC2C(C)(C)C(=NN3CCOCC3)C(S(=O)(=O)c3ccccc3)CC23OC2C(CC13C)C(O)CC1C(=O)NC(O)C12. The van der Waals surface area contributed by atoms with Crippen molar-refractivity contribution in [1.29, 1.82) is 0 Å². The average Bonchev–Trinajstić information content (AvgIpc) is 3.27. The monoisotopic (exact) mass is 629 g/mol. The molecule has 3 N–H and O–H groups in total. The maximum atomic E-state index is 14.8. The standard InChI is InChI=1S/C33H47N3O7S/c1-19-10-11-25-31(2,3)28(35-36-12-14-42-15-13-36)24(44(40,41)20-8-6-5-7-9-20)18-33(25)32(19,4)17-22-23(37)16-21-26(27(22)43-33)30(39)34-29(21)38/h5-9,19,21-27,30,37,39H,10-18H2,1-4H3,(H,34,38). The van der Waals surface area contributed by atoms with Crippen molar-refractivity contribution in [2.75, 3.05) is 26.3 Å². The Kier molecular flexibility index (Phi) is 7.29. The summed E-state index contributed by atoms with van der Waals surface area (Å²) in [7, 11) is -3.89.